The lowest BCUT2D eigenvalue weighted by Crippen LogP contribution is -2.12. The Kier molecular flexibility index (Phi) is 4.11. The quantitative estimate of drug-likeness (QED) is 0.600. The first-order valence-corrected chi connectivity index (χ1v) is 8.08. The Labute approximate surface area is 151 Å². The minimum atomic E-state index is -0.977. The number of halogens is 2. The fraction of sp³-hybridized carbons (Fsp3) is 0.111. The number of nitrogens with one attached hydrogen (secondary N) is 1. The maximum absolute atomic E-state index is 14.1. The van der Waals surface area contributed by atoms with Gasteiger partial charge < -0.3 is 4.98 Å². The molecule has 4 rings (SSSR count). The zero-order valence-corrected chi connectivity index (χ0v) is 14.2. The summed E-state index contributed by atoms with van der Waals surface area (Å²) >= 11 is 0. The third-order valence-corrected chi connectivity index (χ3v) is 4.03. The van der Waals surface area contributed by atoms with E-state index in [1.165, 1.54) is 6.07 Å². The molecule has 4 aromatic rings. The molecule has 0 aliphatic heterocycles. The monoisotopic (exact) mass is 368 g/mol. The van der Waals surface area contributed by atoms with Crippen molar-refractivity contribution in [1.82, 2.24) is 29.5 Å². The predicted octanol–water partition coefficient (Wildman–Crippen LogP) is 2.36. The molecule has 0 spiro atoms. The summed E-state index contributed by atoms with van der Waals surface area (Å²) < 4.78 is 30.5. The van der Waals surface area contributed by atoms with Crippen LogP contribution in [0.5, 0.6) is 0 Å². The molecule has 0 unspecified atom stereocenters. The van der Waals surface area contributed by atoms with Gasteiger partial charge in [-0.2, -0.15) is 14.6 Å². The Hall–Kier alpha value is -3.62. The number of aromatic nitrogens is 6. The highest BCUT2D eigenvalue weighted by Crippen LogP contribution is 2.24. The van der Waals surface area contributed by atoms with Gasteiger partial charge in [-0.25, -0.2) is 9.37 Å². The summed E-state index contributed by atoms with van der Waals surface area (Å²) in [5.41, 5.74) is 1.12. The molecule has 0 bridgehead atoms. The molecule has 0 radical (unpaired) electrons. The number of aromatic amines is 1. The summed E-state index contributed by atoms with van der Waals surface area (Å²) in [6, 6.07) is 9.84. The van der Waals surface area contributed by atoms with Crippen molar-refractivity contribution in [2.75, 3.05) is 0 Å². The maximum atomic E-state index is 14.1. The van der Waals surface area contributed by atoms with Crippen molar-refractivity contribution in [1.29, 1.82) is 0 Å². The highest BCUT2D eigenvalue weighted by Gasteiger charge is 2.16. The van der Waals surface area contributed by atoms with Crippen LogP contribution in [-0.4, -0.2) is 29.5 Å². The molecule has 0 aliphatic carbocycles. The van der Waals surface area contributed by atoms with Crippen molar-refractivity contribution in [3.8, 4) is 22.9 Å². The molecule has 0 aliphatic rings. The molecular weight excluding hydrogens is 354 g/mol. The van der Waals surface area contributed by atoms with E-state index in [0.29, 0.717) is 22.6 Å². The van der Waals surface area contributed by atoms with Gasteiger partial charge in [-0.3, -0.25) is 14.2 Å². The number of benzene rings is 1. The minimum Gasteiger partial charge on any atom is -0.303 e. The third kappa shape index (κ3) is 3.26. The summed E-state index contributed by atoms with van der Waals surface area (Å²) in [4.78, 5) is 17.8. The standard InChI is InChI=1S/C18H14F2N6O/c1-25-7-6-14(23-25)16-8-15(17-21-9-13(20)18(27)22-17)24-26(16)10-11-4-2-3-5-12(11)19/h2-9H,10H2,1H3,(H,21,22,27). The molecule has 0 fully saturated rings. The highest BCUT2D eigenvalue weighted by molar-refractivity contribution is 5.62. The van der Waals surface area contributed by atoms with E-state index >= 15 is 0 Å². The van der Waals surface area contributed by atoms with Crippen LogP contribution in [-0.2, 0) is 13.6 Å². The summed E-state index contributed by atoms with van der Waals surface area (Å²) in [5.74, 6) is -1.21. The lowest BCUT2D eigenvalue weighted by molar-refractivity contribution is 0.586. The van der Waals surface area contributed by atoms with Gasteiger partial charge in [-0.1, -0.05) is 18.2 Å². The molecule has 27 heavy (non-hydrogen) atoms. The number of rotatable bonds is 4. The molecule has 1 aromatic carbocycles. The molecule has 7 nitrogen and oxygen atoms in total. The average Bonchev–Trinajstić information content (AvgIpc) is 3.25. The molecule has 3 aromatic heterocycles. The van der Waals surface area contributed by atoms with Gasteiger partial charge in [0.1, 0.15) is 17.2 Å². The predicted molar refractivity (Wildman–Crippen MR) is 93.7 cm³/mol. The topological polar surface area (TPSA) is 81.4 Å². The zero-order chi connectivity index (χ0) is 19.0. The van der Waals surface area contributed by atoms with Crippen LogP contribution >= 0.6 is 0 Å². The normalized spacial score (nSPS) is 11.1. The zero-order valence-electron chi connectivity index (χ0n) is 14.2. The fourth-order valence-electron chi connectivity index (χ4n) is 2.71. The number of nitrogens with zero attached hydrogens (tertiary/aromatic N) is 5. The second kappa shape index (κ2) is 6.60. The molecule has 0 amide bonds. The lowest BCUT2D eigenvalue weighted by Gasteiger charge is -2.07. The molecule has 9 heteroatoms. The van der Waals surface area contributed by atoms with Gasteiger partial charge in [0.25, 0.3) is 5.56 Å². The van der Waals surface area contributed by atoms with Gasteiger partial charge in [0.05, 0.1) is 18.4 Å². The van der Waals surface area contributed by atoms with Crippen LogP contribution in [0.4, 0.5) is 8.78 Å². The van der Waals surface area contributed by atoms with E-state index < -0.39 is 11.4 Å². The Bertz CT molecular complexity index is 1180. The second-order valence-corrected chi connectivity index (χ2v) is 5.95. The number of aryl methyl sites for hydroxylation is 1. The Morgan fingerprint density at radius 3 is 2.59 bits per heavy atom. The smallest absolute Gasteiger partial charge is 0.287 e. The van der Waals surface area contributed by atoms with E-state index in [1.807, 2.05) is 0 Å². The van der Waals surface area contributed by atoms with Crippen LogP contribution in [0.2, 0.25) is 0 Å². The van der Waals surface area contributed by atoms with Crippen LogP contribution in [0.1, 0.15) is 5.56 Å². The SMILES string of the molecule is Cn1ccc(-c2cc(-c3ncc(F)c(=O)[nH]3)nn2Cc2ccccc2F)n1. The summed E-state index contributed by atoms with van der Waals surface area (Å²) in [7, 11) is 1.78. The van der Waals surface area contributed by atoms with E-state index in [1.54, 1.807) is 52.9 Å². The van der Waals surface area contributed by atoms with Gasteiger partial charge >= 0.3 is 0 Å². The van der Waals surface area contributed by atoms with Gasteiger partial charge in [-0.05, 0) is 18.2 Å². The first-order valence-electron chi connectivity index (χ1n) is 8.08. The van der Waals surface area contributed by atoms with Crippen LogP contribution < -0.4 is 5.56 Å². The van der Waals surface area contributed by atoms with E-state index in [-0.39, 0.29) is 18.2 Å². The van der Waals surface area contributed by atoms with Gasteiger partial charge in [0.15, 0.2) is 5.82 Å². The van der Waals surface area contributed by atoms with E-state index in [4.69, 9.17) is 0 Å². The minimum absolute atomic E-state index is 0.117. The van der Waals surface area contributed by atoms with Crippen LogP contribution in [0.3, 0.4) is 0 Å². The summed E-state index contributed by atoms with van der Waals surface area (Å²) in [5, 5.41) is 8.77. The summed E-state index contributed by atoms with van der Waals surface area (Å²) in [6.45, 7) is 0.157. The van der Waals surface area contributed by atoms with Gasteiger partial charge in [0, 0.05) is 18.8 Å². The second-order valence-electron chi connectivity index (χ2n) is 5.95. The van der Waals surface area contributed by atoms with E-state index in [0.717, 1.165) is 6.20 Å². The average molecular weight is 368 g/mol. The first kappa shape index (κ1) is 16.8. The van der Waals surface area contributed by atoms with E-state index in [2.05, 4.69) is 20.2 Å². The molecular formula is C18H14F2N6O. The largest absolute Gasteiger partial charge is 0.303 e. The molecule has 3 heterocycles. The molecule has 136 valence electrons. The summed E-state index contributed by atoms with van der Waals surface area (Å²) in [6.07, 6.45) is 2.61. The lowest BCUT2D eigenvalue weighted by atomic mass is 10.2. The van der Waals surface area contributed by atoms with Crippen molar-refractivity contribution >= 4 is 0 Å². The number of H-pyrrole nitrogens is 1. The highest BCUT2D eigenvalue weighted by atomic mass is 19.1. The van der Waals surface area contributed by atoms with Crippen molar-refractivity contribution in [2.45, 2.75) is 6.54 Å². The molecule has 0 saturated heterocycles. The fourth-order valence-corrected chi connectivity index (χ4v) is 2.71. The molecule has 0 saturated carbocycles. The van der Waals surface area contributed by atoms with Gasteiger partial charge in [0.2, 0.25) is 5.82 Å². The number of hydrogen-bond donors (Lipinski definition) is 1. The van der Waals surface area contributed by atoms with Crippen LogP contribution in [0, 0.1) is 11.6 Å². The van der Waals surface area contributed by atoms with Gasteiger partial charge in [-0.15, -0.1) is 0 Å². The first-order chi connectivity index (χ1) is 13.0. The van der Waals surface area contributed by atoms with Crippen LogP contribution in [0.15, 0.2) is 53.6 Å². The Balaban J connectivity index is 1.83. The Morgan fingerprint density at radius 1 is 1.07 bits per heavy atom. The van der Waals surface area contributed by atoms with E-state index in [9.17, 15) is 13.6 Å². The van der Waals surface area contributed by atoms with Crippen LogP contribution in [0.25, 0.3) is 22.9 Å². The van der Waals surface area contributed by atoms with Crippen molar-refractivity contribution < 1.29 is 8.78 Å². The van der Waals surface area contributed by atoms with Crippen molar-refractivity contribution in [2.24, 2.45) is 7.05 Å². The molecule has 1 N–H and O–H groups in total. The van der Waals surface area contributed by atoms with Crippen molar-refractivity contribution in [3.63, 3.8) is 0 Å². The maximum Gasteiger partial charge on any atom is 0.287 e. The third-order valence-electron chi connectivity index (χ3n) is 4.03. The van der Waals surface area contributed by atoms with Crippen molar-refractivity contribution in [3.05, 3.63) is 76.3 Å². The number of hydrogen-bond acceptors (Lipinski definition) is 4. The Morgan fingerprint density at radius 2 is 1.89 bits per heavy atom. The molecule has 0 atom stereocenters.